The second kappa shape index (κ2) is 1.94. The van der Waals surface area contributed by atoms with E-state index in [9.17, 15) is 4.79 Å². The fourth-order valence-electron chi connectivity index (χ4n) is 1.26. The Morgan fingerprint density at radius 3 is 2.40 bits per heavy atom. The topological polar surface area (TPSA) is 17.1 Å². The van der Waals surface area contributed by atoms with Crippen LogP contribution in [0.25, 0.3) is 0 Å². The molecule has 0 aromatic rings. The van der Waals surface area contributed by atoms with Gasteiger partial charge in [-0.3, -0.25) is 4.79 Å². The molecular formula is C9H12O. The van der Waals surface area contributed by atoms with E-state index in [0.29, 0.717) is 11.7 Å². The van der Waals surface area contributed by atoms with Gasteiger partial charge in [0.05, 0.1) is 0 Å². The van der Waals surface area contributed by atoms with E-state index in [0.717, 1.165) is 18.4 Å². The van der Waals surface area contributed by atoms with Gasteiger partial charge in [0.2, 0.25) is 0 Å². The first kappa shape index (κ1) is 6.14. The van der Waals surface area contributed by atoms with Gasteiger partial charge < -0.3 is 0 Å². The third-order valence-electron chi connectivity index (χ3n) is 2.35. The molecule has 0 spiro atoms. The highest BCUT2D eigenvalue weighted by molar-refractivity contribution is 5.99. The molecule has 0 atom stereocenters. The van der Waals surface area contributed by atoms with Crippen molar-refractivity contribution in [2.24, 2.45) is 5.92 Å². The Kier molecular flexibility index (Phi) is 1.19. The lowest BCUT2D eigenvalue weighted by Crippen LogP contribution is -2.01. The van der Waals surface area contributed by atoms with Gasteiger partial charge in [0, 0.05) is 5.92 Å². The van der Waals surface area contributed by atoms with Crippen LogP contribution in [-0.2, 0) is 4.79 Å². The lowest BCUT2D eigenvalue weighted by atomic mass is 10.1. The van der Waals surface area contributed by atoms with Crippen LogP contribution in [0.2, 0.25) is 0 Å². The van der Waals surface area contributed by atoms with Gasteiger partial charge in [-0.1, -0.05) is 5.57 Å². The summed E-state index contributed by atoms with van der Waals surface area (Å²) in [4.78, 5) is 11.3. The molecule has 0 saturated heterocycles. The fourth-order valence-corrected chi connectivity index (χ4v) is 1.26. The highest BCUT2D eigenvalue weighted by atomic mass is 16.1. The molecule has 0 aromatic heterocycles. The highest BCUT2D eigenvalue weighted by Gasteiger charge is 2.32. The van der Waals surface area contributed by atoms with Gasteiger partial charge in [0.15, 0.2) is 5.78 Å². The van der Waals surface area contributed by atoms with Crippen LogP contribution in [0.5, 0.6) is 0 Å². The first-order chi connectivity index (χ1) is 4.79. The van der Waals surface area contributed by atoms with E-state index in [-0.39, 0.29) is 0 Å². The van der Waals surface area contributed by atoms with E-state index >= 15 is 0 Å². The van der Waals surface area contributed by atoms with Gasteiger partial charge in [-0.15, -0.1) is 0 Å². The first-order valence-corrected chi connectivity index (χ1v) is 4.02. The first-order valence-electron chi connectivity index (χ1n) is 4.02. The number of allylic oxidation sites excluding steroid dienone is 2. The summed E-state index contributed by atoms with van der Waals surface area (Å²) in [6.45, 7) is 1.99. The Balaban J connectivity index is 2.09. The van der Waals surface area contributed by atoms with E-state index in [1.165, 1.54) is 18.4 Å². The van der Waals surface area contributed by atoms with Crippen LogP contribution >= 0.6 is 0 Å². The zero-order valence-electron chi connectivity index (χ0n) is 6.31. The number of Topliss-reactive ketones (excluding diaryl/α,β-unsaturated/α-hetero) is 1. The minimum atomic E-state index is 0.424. The summed E-state index contributed by atoms with van der Waals surface area (Å²) >= 11 is 0. The maximum absolute atomic E-state index is 11.3. The van der Waals surface area contributed by atoms with Gasteiger partial charge >= 0.3 is 0 Å². The Morgan fingerprint density at radius 1 is 1.40 bits per heavy atom. The summed E-state index contributed by atoms with van der Waals surface area (Å²) < 4.78 is 0. The molecular weight excluding hydrogens is 124 g/mol. The van der Waals surface area contributed by atoms with Crippen LogP contribution in [0.4, 0.5) is 0 Å². The second-order valence-corrected chi connectivity index (χ2v) is 3.37. The molecule has 54 valence electrons. The van der Waals surface area contributed by atoms with Crippen LogP contribution in [-0.4, -0.2) is 5.78 Å². The molecule has 2 aliphatic carbocycles. The molecule has 0 heterocycles. The zero-order valence-corrected chi connectivity index (χ0v) is 6.31. The van der Waals surface area contributed by atoms with Gasteiger partial charge in [0.1, 0.15) is 0 Å². The molecule has 0 unspecified atom stereocenters. The molecule has 2 fully saturated rings. The Hall–Kier alpha value is -0.590. The lowest BCUT2D eigenvalue weighted by Gasteiger charge is -1.94. The average Bonchev–Trinajstić information content (AvgIpc) is 2.73. The molecule has 0 radical (unpaired) electrons. The second-order valence-electron chi connectivity index (χ2n) is 3.37. The maximum atomic E-state index is 11.3. The van der Waals surface area contributed by atoms with E-state index in [4.69, 9.17) is 0 Å². The molecule has 2 saturated carbocycles. The smallest absolute Gasteiger partial charge is 0.161 e. The largest absolute Gasteiger partial charge is 0.294 e. The molecule has 10 heavy (non-hydrogen) atoms. The number of ketones is 1. The number of carbonyl (C=O) groups is 1. The van der Waals surface area contributed by atoms with Crippen molar-refractivity contribution < 1.29 is 4.79 Å². The molecule has 2 aliphatic rings. The van der Waals surface area contributed by atoms with Crippen molar-refractivity contribution in [1.82, 2.24) is 0 Å². The SMILES string of the molecule is CC(C(=O)C1CC1)=C1CC1. The summed E-state index contributed by atoms with van der Waals surface area (Å²) in [5.41, 5.74) is 2.50. The maximum Gasteiger partial charge on any atom is 0.161 e. The normalized spacial score (nSPS) is 22.7. The lowest BCUT2D eigenvalue weighted by molar-refractivity contribution is -0.116. The van der Waals surface area contributed by atoms with Crippen molar-refractivity contribution in [2.45, 2.75) is 32.6 Å². The summed E-state index contributed by atoms with van der Waals surface area (Å²) in [6, 6.07) is 0. The standard InChI is InChI=1S/C9H12O/c1-6(7-2-3-7)9(10)8-4-5-8/h8H,2-5H2,1H3. The van der Waals surface area contributed by atoms with E-state index in [1.807, 2.05) is 6.92 Å². The predicted molar refractivity (Wildman–Crippen MR) is 39.7 cm³/mol. The van der Waals surface area contributed by atoms with Crippen LogP contribution in [0.3, 0.4) is 0 Å². The molecule has 0 aliphatic heterocycles. The third kappa shape index (κ3) is 1.00. The monoisotopic (exact) mass is 136 g/mol. The fraction of sp³-hybridized carbons (Fsp3) is 0.667. The van der Waals surface area contributed by atoms with Crippen molar-refractivity contribution in [2.75, 3.05) is 0 Å². The number of hydrogen-bond donors (Lipinski definition) is 0. The van der Waals surface area contributed by atoms with Crippen molar-refractivity contribution in [1.29, 1.82) is 0 Å². The highest BCUT2D eigenvalue weighted by Crippen LogP contribution is 2.38. The predicted octanol–water partition coefficient (Wildman–Crippen LogP) is 2.08. The molecule has 1 nitrogen and oxygen atoms in total. The zero-order chi connectivity index (χ0) is 7.14. The number of hydrogen-bond acceptors (Lipinski definition) is 1. The Morgan fingerprint density at radius 2 is 2.00 bits per heavy atom. The third-order valence-corrected chi connectivity index (χ3v) is 2.35. The summed E-state index contributed by atoms with van der Waals surface area (Å²) in [5.74, 6) is 0.862. The minimum absolute atomic E-state index is 0.424. The number of carbonyl (C=O) groups excluding carboxylic acids is 1. The van der Waals surface area contributed by atoms with Crippen LogP contribution < -0.4 is 0 Å². The molecule has 0 amide bonds. The molecule has 1 heteroatoms. The van der Waals surface area contributed by atoms with Gasteiger partial charge in [0.25, 0.3) is 0 Å². The molecule has 0 aromatic carbocycles. The summed E-state index contributed by atoms with van der Waals surface area (Å²) in [6.07, 6.45) is 4.65. The van der Waals surface area contributed by atoms with E-state index in [1.54, 1.807) is 0 Å². The van der Waals surface area contributed by atoms with Crippen LogP contribution in [0.1, 0.15) is 32.6 Å². The van der Waals surface area contributed by atoms with Gasteiger partial charge in [-0.2, -0.15) is 0 Å². The molecule has 0 N–H and O–H groups in total. The molecule has 0 bridgehead atoms. The van der Waals surface area contributed by atoms with Crippen molar-refractivity contribution in [3.8, 4) is 0 Å². The average molecular weight is 136 g/mol. The Labute approximate surface area is 61.1 Å². The Bertz CT molecular complexity index is 203. The van der Waals surface area contributed by atoms with Crippen molar-refractivity contribution >= 4 is 5.78 Å². The van der Waals surface area contributed by atoms with E-state index < -0.39 is 0 Å². The summed E-state index contributed by atoms with van der Waals surface area (Å²) in [5, 5.41) is 0. The van der Waals surface area contributed by atoms with Gasteiger partial charge in [-0.25, -0.2) is 0 Å². The number of rotatable bonds is 2. The van der Waals surface area contributed by atoms with Gasteiger partial charge in [-0.05, 0) is 38.2 Å². The van der Waals surface area contributed by atoms with Crippen LogP contribution in [0.15, 0.2) is 11.1 Å². The summed E-state index contributed by atoms with van der Waals surface area (Å²) in [7, 11) is 0. The van der Waals surface area contributed by atoms with Crippen LogP contribution in [0, 0.1) is 5.92 Å². The van der Waals surface area contributed by atoms with Crippen molar-refractivity contribution in [3.05, 3.63) is 11.1 Å². The van der Waals surface area contributed by atoms with E-state index in [2.05, 4.69) is 0 Å². The minimum Gasteiger partial charge on any atom is -0.294 e. The quantitative estimate of drug-likeness (QED) is 0.531. The molecule has 2 rings (SSSR count). The van der Waals surface area contributed by atoms with Crippen molar-refractivity contribution in [3.63, 3.8) is 0 Å².